The molecule has 4 atom stereocenters. The van der Waals surface area contributed by atoms with Crippen LogP contribution in [0.3, 0.4) is 0 Å². The van der Waals surface area contributed by atoms with E-state index in [1.165, 1.54) is 56.2 Å². The molecule has 45 heavy (non-hydrogen) atoms. The van der Waals surface area contributed by atoms with E-state index in [4.69, 9.17) is 9.57 Å². The van der Waals surface area contributed by atoms with E-state index < -0.39 is 71.7 Å². The highest BCUT2D eigenvalue weighted by Crippen LogP contribution is 2.44. The van der Waals surface area contributed by atoms with E-state index in [0.717, 1.165) is 18.2 Å². The smallest absolute Gasteiger partial charge is 0.338 e. The van der Waals surface area contributed by atoms with Gasteiger partial charge in [0.05, 0.1) is 49.4 Å². The van der Waals surface area contributed by atoms with Crippen LogP contribution in [0, 0.1) is 24.0 Å². The van der Waals surface area contributed by atoms with E-state index in [-0.39, 0.29) is 41.4 Å². The van der Waals surface area contributed by atoms with E-state index in [0.29, 0.717) is 5.01 Å². The second kappa shape index (κ2) is 11.7. The van der Waals surface area contributed by atoms with Crippen LogP contribution in [0.1, 0.15) is 42.9 Å². The van der Waals surface area contributed by atoms with Crippen LogP contribution >= 0.6 is 11.3 Å². The first-order valence-electron chi connectivity index (χ1n) is 14.0. The van der Waals surface area contributed by atoms with Crippen LogP contribution in [-0.4, -0.2) is 99.9 Å². The number of benzene rings is 1. The van der Waals surface area contributed by atoms with Gasteiger partial charge >= 0.3 is 11.9 Å². The van der Waals surface area contributed by atoms with Crippen molar-refractivity contribution in [2.45, 2.75) is 57.3 Å². The molecule has 1 aromatic carbocycles. The number of hydroxylamine groups is 2. The summed E-state index contributed by atoms with van der Waals surface area (Å²) in [6.45, 7) is 3.47. The zero-order valence-electron chi connectivity index (χ0n) is 25.1. The molecule has 0 unspecified atom stereocenters. The Balaban J connectivity index is 1.52. The first kappa shape index (κ1) is 32.9. The van der Waals surface area contributed by atoms with Crippen molar-refractivity contribution in [3.05, 3.63) is 62.7 Å². The lowest BCUT2D eigenvalue weighted by Gasteiger charge is -2.40. The van der Waals surface area contributed by atoms with Gasteiger partial charge in [-0.2, -0.15) is 5.06 Å². The van der Waals surface area contributed by atoms with Gasteiger partial charge in [0, 0.05) is 23.8 Å². The molecule has 11 nitrogen and oxygen atoms in total. The largest absolute Gasteiger partial charge is 0.481 e. The number of aliphatic carboxylic acids is 1. The summed E-state index contributed by atoms with van der Waals surface area (Å²) in [4.78, 5) is 41.0. The molecule has 3 aliphatic rings. The van der Waals surface area contributed by atoms with Crippen LogP contribution in [-0.2, 0) is 19.2 Å². The van der Waals surface area contributed by atoms with Gasteiger partial charge in [-0.1, -0.05) is 6.07 Å². The quantitative estimate of drug-likeness (QED) is 0.273. The van der Waals surface area contributed by atoms with Gasteiger partial charge in [-0.15, -0.1) is 11.3 Å². The summed E-state index contributed by atoms with van der Waals surface area (Å²) in [6.07, 6.45) is 1.53. The number of aromatic nitrogens is 1. The maximum atomic E-state index is 15.7. The van der Waals surface area contributed by atoms with Crippen LogP contribution in [0.2, 0.25) is 0 Å². The third-order valence-corrected chi connectivity index (χ3v) is 9.73. The van der Waals surface area contributed by atoms with Crippen LogP contribution in [0.15, 0.2) is 40.0 Å². The van der Waals surface area contributed by atoms with Crippen molar-refractivity contribution in [3.63, 3.8) is 0 Å². The maximum absolute atomic E-state index is 15.7. The van der Waals surface area contributed by atoms with Gasteiger partial charge in [-0.05, 0) is 44.9 Å². The highest BCUT2D eigenvalue weighted by Gasteiger charge is 2.62. The molecule has 3 aliphatic heterocycles. The number of likely N-dealkylation sites (tertiary alicyclic amines) is 1. The summed E-state index contributed by atoms with van der Waals surface area (Å²) in [7, 11) is 1.13. The van der Waals surface area contributed by atoms with E-state index in [2.05, 4.69) is 15.3 Å². The topological polar surface area (TPSA) is 137 Å². The van der Waals surface area contributed by atoms with Crippen molar-refractivity contribution >= 4 is 29.1 Å². The Morgan fingerprint density at radius 1 is 1.27 bits per heavy atom. The fourth-order valence-corrected chi connectivity index (χ4v) is 6.36. The van der Waals surface area contributed by atoms with Gasteiger partial charge in [0.1, 0.15) is 12.1 Å². The summed E-state index contributed by atoms with van der Waals surface area (Å²) in [5.41, 5.74) is -3.49. The number of nitrogens with zero attached hydrogens (tertiary/aromatic N) is 4. The van der Waals surface area contributed by atoms with E-state index in [1.807, 2.05) is 0 Å². The monoisotopic (exact) mass is 655 g/mol. The zero-order chi connectivity index (χ0) is 33.1. The Morgan fingerprint density at radius 2 is 1.98 bits per heavy atom. The number of methoxy groups -OCH3 is 1. The normalized spacial score (nSPS) is 25.0. The number of carboxylic acid groups (broad SMARTS) is 1. The first-order valence-corrected chi connectivity index (χ1v) is 14.9. The summed E-state index contributed by atoms with van der Waals surface area (Å²) in [6, 6.07) is -1.44. The number of esters is 1. The highest BCUT2D eigenvalue weighted by molar-refractivity contribution is 7.11. The molecular formula is C29H33F4N5O6S. The molecule has 5 rings (SSSR count). The van der Waals surface area contributed by atoms with Crippen molar-refractivity contribution in [2.75, 3.05) is 33.4 Å². The number of hydrogen-bond acceptors (Lipinski definition) is 11. The molecule has 1 aromatic heterocycles. The number of hydrogen-bond donors (Lipinski definition) is 3. The van der Waals surface area contributed by atoms with Crippen LogP contribution in [0.4, 0.5) is 17.6 Å². The van der Waals surface area contributed by atoms with Crippen molar-refractivity contribution in [1.29, 1.82) is 0 Å². The minimum Gasteiger partial charge on any atom is -0.481 e. The molecular weight excluding hydrogens is 622 g/mol. The number of thiazole rings is 1. The Kier molecular flexibility index (Phi) is 8.59. The molecule has 2 aromatic rings. The van der Waals surface area contributed by atoms with Crippen molar-refractivity contribution in [2.24, 2.45) is 10.4 Å². The van der Waals surface area contributed by atoms with Gasteiger partial charge in [0.15, 0.2) is 22.5 Å². The third-order valence-electron chi connectivity index (χ3n) is 8.95. The number of nitrogens with one attached hydrogen (secondary N) is 1. The van der Waals surface area contributed by atoms with Gasteiger partial charge in [-0.3, -0.25) is 19.5 Å². The van der Waals surface area contributed by atoms with Gasteiger partial charge in [0.25, 0.3) is 5.92 Å². The average molecular weight is 656 g/mol. The number of rotatable bonds is 9. The fourth-order valence-electron chi connectivity index (χ4n) is 5.77. The molecule has 2 fully saturated rings. The van der Waals surface area contributed by atoms with Crippen LogP contribution in [0.25, 0.3) is 0 Å². The number of carbonyl (C=O) groups excluding carboxylic acids is 1. The van der Waals surface area contributed by atoms with Gasteiger partial charge in [-0.25, -0.2) is 27.3 Å². The number of carbonyl (C=O) groups is 2. The predicted octanol–water partition coefficient (Wildman–Crippen LogP) is 3.05. The predicted molar refractivity (Wildman–Crippen MR) is 153 cm³/mol. The van der Waals surface area contributed by atoms with Gasteiger partial charge < -0.3 is 20.3 Å². The summed E-state index contributed by atoms with van der Waals surface area (Å²) in [5.74, 6) is -7.53. The molecule has 0 amide bonds. The molecule has 3 N–H and O–H groups in total. The fraction of sp³-hybridized carbons (Fsp3) is 0.517. The standard InChI is InChI=1S/C29H33F4N5O6S/c1-14-15(6-7-16(30)20(14)31)21-19(25(39)43-5)17(35-23(36-21)24-34-8-9-45-24)10-37-13-29(32,33)22-18(37)11-44-38(22)12-28(4,42)27(2,3)26(40)41/h6-9,18,21-22,42H,10-13H2,1-5H3,(H,35,36)(H,40,41)/t18-,21+,22+,28+/m1/s1. The molecule has 0 radical (unpaired) electrons. The lowest BCUT2D eigenvalue weighted by atomic mass is 9.75. The number of fused-ring (bicyclic) bond motifs is 1. The minimum atomic E-state index is -3.37. The van der Waals surface area contributed by atoms with E-state index in [9.17, 15) is 28.6 Å². The van der Waals surface area contributed by atoms with E-state index >= 15 is 8.78 Å². The number of ether oxygens (including phenoxy) is 1. The molecule has 0 saturated carbocycles. The highest BCUT2D eigenvalue weighted by atomic mass is 32.1. The second-order valence-corrected chi connectivity index (χ2v) is 12.9. The number of amidine groups is 1. The number of halogens is 4. The second-order valence-electron chi connectivity index (χ2n) is 12.1. The number of carboxylic acids is 1. The summed E-state index contributed by atoms with van der Waals surface area (Å²) in [5, 5.41) is 26.7. The number of β-amino-alcohol motifs (C(OH)–C–C–N with tert-alkyl or cyclic N) is 1. The zero-order valence-corrected chi connectivity index (χ0v) is 25.9. The molecule has 16 heteroatoms. The Morgan fingerprint density at radius 3 is 2.60 bits per heavy atom. The SMILES string of the molecule is COC(=O)C1=C(CN2CC(F)(F)[C@@H]3[C@H]2CON3C[C@](C)(O)C(C)(C)C(=O)O)NC(c2nccs2)=N[C@H]1c1ccc(F)c(F)c1C. The minimum absolute atomic E-state index is 0.0828. The lowest BCUT2D eigenvalue weighted by molar-refractivity contribution is -0.221. The maximum Gasteiger partial charge on any atom is 0.338 e. The van der Waals surface area contributed by atoms with Gasteiger partial charge in [0.2, 0.25) is 0 Å². The van der Waals surface area contributed by atoms with Crippen LogP contribution in [0.5, 0.6) is 0 Å². The first-order chi connectivity index (χ1) is 21.0. The average Bonchev–Trinajstić information content (AvgIpc) is 3.70. The Labute approximate surface area is 260 Å². The summed E-state index contributed by atoms with van der Waals surface area (Å²) >= 11 is 1.22. The Hall–Kier alpha value is -3.44. The summed E-state index contributed by atoms with van der Waals surface area (Å²) < 4.78 is 65.2. The van der Waals surface area contributed by atoms with Crippen molar-refractivity contribution in [3.8, 4) is 0 Å². The Bertz CT molecular complexity index is 1560. The van der Waals surface area contributed by atoms with Crippen molar-refractivity contribution < 1.29 is 46.9 Å². The molecule has 244 valence electrons. The van der Waals surface area contributed by atoms with E-state index in [1.54, 1.807) is 5.38 Å². The van der Waals surface area contributed by atoms with Crippen LogP contribution < -0.4 is 5.32 Å². The lowest BCUT2D eigenvalue weighted by Crippen LogP contribution is -2.57. The molecule has 2 saturated heterocycles. The number of alkyl halides is 2. The molecule has 0 bridgehead atoms. The molecule has 4 heterocycles. The third kappa shape index (κ3) is 5.73. The number of aliphatic hydroxyl groups is 1. The molecule has 0 spiro atoms. The molecule has 0 aliphatic carbocycles. The van der Waals surface area contributed by atoms with Crippen molar-refractivity contribution in [1.82, 2.24) is 20.3 Å². The number of aliphatic imine (C=N–C) groups is 1.